The van der Waals surface area contributed by atoms with Crippen LogP contribution >= 0.6 is 0 Å². The number of aliphatic hydroxyl groups is 1. The molecule has 1 heterocycles. The average molecular weight is 342 g/mol. The quantitative estimate of drug-likeness (QED) is 0.773. The number of benzene rings is 1. The SMILES string of the molecule is C=CC(=O)N(C)c1ccc(C(=O)NCC(C)(O)c2cnn(C)c2)cc1. The molecule has 0 saturated carbocycles. The second kappa shape index (κ2) is 7.31. The van der Waals surface area contributed by atoms with Gasteiger partial charge in [-0.05, 0) is 37.3 Å². The van der Waals surface area contributed by atoms with Crippen LogP contribution in [0.1, 0.15) is 22.8 Å². The van der Waals surface area contributed by atoms with Gasteiger partial charge in [0.1, 0.15) is 5.60 Å². The first-order valence-electron chi connectivity index (χ1n) is 7.74. The van der Waals surface area contributed by atoms with E-state index in [0.717, 1.165) is 0 Å². The molecule has 1 atom stereocenters. The van der Waals surface area contributed by atoms with Crippen LogP contribution < -0.4 is 10.2 Å². The Morgan fingerprint density at radius 2 is 2.04 bits per heavy atom. The van der Waals surface area contributed by atoms with E-state index >= 15 is 0 Å². The Labute approximate surface area is 146 Å². The van der Waals surface area contributed by atoms with Gasteiger partial charge >= 0.3 is 0 Å². The molecule has 0 bridgehead atoms. The molecule has 0 spiro atoms. The highest BCUT2D eigenvalue weighted by Crippen LogP contribution is 2.19. The maximum absolute atomic E-state index is 12.3. The molecule has 0 saturated heterocycles. The molecule has 1 aromatic heterocycles. The van der Waals surface area contributed by atoms with Gasteiger partial charge in [-0.25, -0.2) is 0 Å². The zero-order valence-corrected chi connectivity index (χ0v) is 14.6. The molecule has 0 aliphatic rings. The van der Waals surface area contributed by atoms with Crippen molar-refractivity contribution in [1.29, 1.82) is 0 Å². The van der Waals surface area contributed by atoms with Crippen LogP contribution in [0.5, 0.6) is 0 Å². The third-order valence-electron chi connectivity index (χ3n) is 3.94. The first-order chi connectivity index (χ1) is 11.7. The van der Waals surface area contributed by atoms with E-state index in [-0.39, 0.29) is 18.4 Å². The van der Waals surface area contributed by atoms with E-state index in [2.05, 4.69) is 17.0 Å². The van der Waals surface area contributed by atoms with Crippen LogP contribution in [0.4, 0.5) is 5.69 Å². The molecule has 132 valence electrons. The number of anilines is 1. The number of hydrogen-bond donors (Lipinski definition) is 2. The molecule has 1 unspecified atom stereocenters. The molecule has 2 rings (SSSR count). The standard InChI is InChI=1S/C18H22N4O3/c1-5-16(23)22(4)15-8-6-13(7-9-15)17(24)19-12-18(2,25)14-10-20-21(3)11-14/h5-11,25H,1,12H2,2-4H3,(H,19,24). The number of carbonyl (C=O) groups excluding carboxylic acids is 2. The minimum Gasteiger partial charge on any atom is -0.383 e. The monoisotopic (exact) mass is 342 g/mol. The summed E-state index contributed by atoms with van der Waals surface area (Å²) < 4.78 is 1.59. The van der Waals surface area contributed by atoms with Crippen LogP contribution in [-0.2, 0) is 17.4 Å². The zero-order valence-electron chi connectivity index (χ0n) is 14.6. The van der Waals surface area contributed by atoms with E-state index < -0.39 is 5.60 Å². The Morgan fingerprint density at radius 1 is 1.40 bits per heavy atom. The highest BCUT2D eigenvalue weighted by Gasteiger charge is 2.25. The molecule has 0 radical (unpaired) electrons. The van der Waals surface area contributed by atoms with Gasteiger partial charge in [0.2, 0.25) is 5.91 Å². The molecule has 2 aromatic rings. The van der Waals surface area contributed by atoms with E-state index in [1.165, 1.54) is 11.0 Å². The molecule has 0 aliphatic carbocycles. The van der Waals surface area contributed by atoms with E-state index in [4.69, 9.17) is 0 Å². The van der Waals surface area contributed by atoms with Crippen LogP contribution in [0.15, 0.2) is 49.3 Å². The summed E-state index contributed by atoms with van der Waals surface area (Å²) in [5.74, 6) is -0.543. The molecule has 7 nitrogen and oxygen atoms in total. The number of carbonyl (C=O) groups is 2. The second-order valence-electron chi connectivity index (χ2n) is 6.01. The van der Waals surface area contributed by atoms with Gasteiger partial charge in [-0.1, -0.05) is 6.58 Å². The van der Waals surface area contributed by atoms with Crippen molar-refractivity contribution >= 4 is 17.5 Å². The fourth-order valence-electron chi connectivity index (χ4n) is 2.26. The second-order valence-corrected chi connectivity index (χ2v) is 6.01. The van der Waals surface area contributed by atoms with Crippen molar-refractivity contribution in [2.24, 2.45) is 7.05 Å². The number of amides is 2. The van der Waals surface area contributed by atoms with Gasteiger partial charge in [-0.3, -0.25) is 14.3 Å². The molecule has 2 N–H and O–H groups in total. The highest BCUT2D eigenvalue weighted by atomic mass is 16.3. The minimum atomic E-state index is -1.22. The van der Waals surface area contributed by atoms with E-state index in [1.54, 1.807) is 62.4 Å². The number of nitrogens with one attached hydrogen (secondary N) is 1. The Morgan fingerprint density at radius 3 is 2.56 bits per heavy atom. The van der Waals surface area contributed by atoms with Gasteiger partial charge in [0, 0.05) is 37.1 Å². The normalized spacial score (nSPS) is 13.0. The average Bonchev–Trinajstić information content (AvgIpc) is 3.06. The molecule has 1 aromatic carbocycles. The lowest BCUT2D eigenvalue weighted by atomic mass is 9.99. The summed E-state index contributed by atoms with van der Waals surface area (Å²) in [5.41, 5.74) is 0.490. The van der Waals surface area contributed by atoms with Crippen LogP contribution in [0, 0.1) is 0 Å². The first kappa shape index (κ1) is 18.4. The van der Waals surface area contributed by atoms with Crippen molar-refractivity contribution in [2.75, 3.05) is 18.5 Å². The summed E-state index contributed by atoms with van der Waals surface area (Å²) in [4.78, 5) is 25.3. The van der Waals surface area contributed by atoms with Crippen molar-refractivity contribution in [2.45, 2.75) is 12.5 Å². The first-order valence-corrected chi connectivity index (χ1v) is 7.74. The van der Waals surface area contributed by atoms with E-state index in [0.29, 0.717) is 16.8 Å². The molecule has 2 amide bonds. The van der Waals surface area contributed by atoms with Crippen molar-refractivity contribution in [3.8, 4) is 0 Å². The summed E-state index contributed by atoms with van der Waals surface area (Å²) >= 11 is 0. The molecule has 0 fully saturated rings. The lowest BCUT2D eigenvalue weighted by Gasteiger charge is -2.22. The number of aromatic nitrogens is 2. The summed E-state index contributed by atoms with van der Waals surface area (Å²) in [7, 11) is 3.39. The summed E-state index contributed by atoms with van der Waals surface area (Å²) in [6.07, 6.45) is 4.49. The molecular weight excluding hydrogens is 320 g/mol. The van der Waals surface area contributed by atoms with Crippen LogP contribution in [0.2, 0.25) is 0 Å². The topological polar surface area (TPSA) is 87.5 Å². The minimum absolute atomic E-state index is 0.0497. The molecular formula is C18H22N4O3. The maximum Gasteiger partial charge on any atom is 0.251 e. The van der Waals surface area contributed by atoms with Crippen LogP contribution in [-0.4, -0.2) is 40.3 Å². The van der Waals surface area contributed by atoms with Crippen molar-refractivity contribution in [3.05, 3.63) is 60.4 Å². The van der Waals surface area contributed by atoms with Gasteiger partial charge in [-0.2, -0.15) is 5.10 Å². The fraction of sp³-hybridized carbons (Fsp3) is 0.278. The van der Waals surface area contributed by atoms with Gasteiger partial charge in [0.15, 0.2) is 0 Å². The lowest BCUT2D eigenvalue weighted by Crippen LogP contribution is -2.38. The third-order valence-corrected chi connectivity index (χ3v) is 3.94. The number of nitrogens with zero attached hydrogens (tertiary/aromatic N) is 3. The predicted molar refractivity (Wildman–Crippen MR) is 95.2 cm³/mol. The number of rotatable bonds is 6. The third kappa shape index (κ3) is 4.33. The molecule has 25 heavy (non-hydrogen) atoms. The lowest BCUT2D eigenvalue weighted by molar-refractivity contribution is -0.113. The van der Waals surface area contributed by atoms with Crippen molar-refractivity contribution < 1.29 is 14.7 Å². The highest BCUT2D eigenvalue weighted by molar-refractivity contribution is 6.01. The Kier molecular flexibility index (Phi) is 5.38. The summed E-state index contributed by atoms with van der Waals surface area (Å²) in [5, 5.41) is 17.2. The van der Waals surface area contributed by atoms with Gasteiger partial charge < -0.3 is 15.3 Å². The summed E-state index contributed by atoms with van der Waals surface area (Å²) in [6, 6.07) is 6.60. The smallest absolute Gasteiger partial charge is 0.251 e. The van der Waals surface area contributed by atoms with E-state index in [1.807, 2.05) is 0 Å². The number of hydrogen-bond acceptors (Lipinski definition) is 4. The van der Waals surface area contributed by atoms with Crippen LogP contribution in [0.25, 0.3) is 0 Å². The number of aryl methyl sites for hydroxylation is 1. The summed E-state index contributed by atoms with van der Waals surface area (Å²) in [6.45, 7) is 5.11. The predicted octanol–water partition coefficient (Wildman–Crippen LogP) is 1.21. The molecule has 7 heteroatoms. The largest absolute Gasteiger partial charge is 0.383 e. The fourth-order valence-corrected chi connectivity index (χ4v) is 2.26. The molecule has 0 aliphatic heterocycles. The number of likely N-dealkylation sites (N-methyl/N-ethyl adjacent to an activating group) is 1. The Hall–Kier alpha value is -2.93. The van der Waals surface area contributed by atoms with Crippen molar-refractivity contribution in [3.63, 3.8) is 0 Å². The zero-order chi connectivity index (χ0) is 18.6. The Balaban J connectivity index is 2.01. The van der Waals surface area contributed by atoms with E-state index in [9.17, 15) is 14.7 Å². The Bertz CT molecular complexity index is 778. The van der Waals surface area contributed by atoms with Crippen LogP contribution in [0.3, 0.4) is 0 Å². The van der Waals surface area contributed by atoms with Gasteiger partial charge in [0.25, 0.3) is 5.91 Å². The van der Waals surface area contributed by atoms with Gasteiger partial charge in [0.05, 0.1) is 12.7 Å². The van der Waals surface area contributed by atoms with Gasteiger partial charge in [-0.15, -0.1) is 0 Å². The maximum atomic E-state index is 12.3. The van der Waals surface area contributed by atoms with Crippen molar-refractivity contribution in [1.82, 2.24) is 15.1 Å².